The third kappa shape index (κ3) is 3.16. The van der Waals surface area contributed by atoms with Crippen molar-refractivity contribution in [2.45, 2.75) is 33.1 Å². The molecule has 0 heterocycles. The fourth-order valence-corrected chi connectivity index (χ4v) is 2.11. The summed E-state index contributed by atoms with van der Waals surface area (Å²) in [5.41, 5.74) is 2.27. The van der Waals surface area contributed by atoms with E-state index in [1.165, 1.54) is 5.56 Å². The number of aryl methyl sites for hydroxylation is 1. The Morgan fingerprint density at radius 3 is 2.22 bits per heavy atom. The molecule has 0 radical (unpaired) electrons. The highest BCUT2D eigenvalue weighted by atomic mass is 16.5. The highest BCUT2D eigenvalue weighted by molar-refractivity contribution is 5.49. The number of hydrogen-bond acceptors (Lipinski definition) is 3. The van der Waals surface area contributed by atoms with Crippen LogP contribution >= 0.6 is 0 Å². The van der Waals surface area contributed by atoms with Crippen molar-refractivity contribution >= 4 is 0 Å². The van der Waals surface area contributed by atoms with Crippen LogP contribution in [-0.4, -0.2) is 27.3 Å². The number of likely N-dealkylation sites (N-methyl/N-ethyl adjacent to an activating group) is 1. The van der Waals surface area contributed by atoms with Gasteiger partial charge in [-0.1, -0.05) is 20.8 Å². The molecule has 3 heteroatoms. The lowest BCUT2D eigenvalue weighted by atomic mass is 9.83. The quantitative estimate of drug-likeness (QED) is 0.843. The topological polar surface area (TPSA) is 30.5 Å². The Morgan fingerprint density at radius 2 is 1.72 bits per heavy atom. The second-order valence-corrected chi connectivity index (χ2v) is 5.19. The molecule has 0 saturated carbocycles. The molecule has 3 nitrogen and oxygen atoms in total. The maximum atomic E-state index is 5.51. The number of rotatable bonds is 6. The fourth-order valence-electron chi connectivity index (χ4n) is 2.11. The summed E-state index contributed by atoms with van der Waals surface area (Å²) in [7, 11) is 3.42. The van der Waals surface area contributed by atoms with E-state index in [1.807, 2.05) is 13.0 Å². The average Bonchev–Trinajstić information content (AvgIpc) is 2.35. The lowest BCUT2D eigenvalue weighted by Crippen LogP contribution is -2.33. The number of benzene rings is 1. The summed E-state index contributed by atoms with van der Waals surface area (Å²) in [6.45, 7) is 10.4. The highest BCUT2D eigenvalue weighted by Gasteiger charge is 2.25. The summed E-state index contributed by atoms with van der Waals surface area (Å²) >= 11 is 0. The van der Waals surface area contributed by atoms with Crippen molar-refractivity contribution in [3.8, 4) is 11.5 Å². The van der Waals surface area contributed by atoms with E-state index in [0.29, 0.717) is 0 Å². The van der Waals surface area contributed by atoms with Crippen LogP contribution in [0.25, 0.3) is 0 Å². The fraction of sp³-hybridized carbons (Fsp3) is 0.600. The number of hydrogen-bond donors (Lipinski definition) is 1. The van der Waals surface area contributed by atoms with Crippen molar-refractivity contribution in [1.82, 2.24) is 5.32 Å². The average molecular weight is 251 g/mol. The normalized spacial score (nSPS) is 11.4. The molecule has 1 N–H and O–H groups in total. The van der Waals surface area contributed by atoms with E-state index < -0.39 is 0 Å². The van der Waals surface area contributed by atoms with Crippen molar-refractivity contribution in [3.63, 3.8) is 0 Å². The molecule has 0 amide bonds. The predicted molar refractivity (Wildman–Crippen MR) is 75.9 cm³/mol. The zero-order valence-corrected chi connectivity index (χ0v) is 12.4. The van der Waals surface area contributed by atoms with Crippen LogP contribution < -0.4 is 14.8 Å². The van der Waals surface area contributed by atoms with E-state index in [9.17, 15) is 0 Å². The third-order valence-corrected chi connectivity index (χ3v) is 3.26. The molecule has 0 aromatic heterocycles. The molecule has 0 unspecified atom stereocenters. The Labute approximate surface area is 110 Å². The molecule has 0 fully saturated rings. The Morgan fingerprint density at radius 1 is 1.11 bits per heavy atom. The molecular formula is C15H25NO2. The monoisotopic (exact) mass is 251 g/mol. The van der Waals surface area contributed by atoms with Crippen LogP contribution in [0.5, 0.6) is 11.5 Å². The van der Waals surface area contributed by atoms with Crippen LogP contribution in [0.2, 0.25) is 0 Å². The van der Waals surface area contributed by atoms with E-state index in [0.717, 1.165) is 30.2 Å². The molecule has 1 rings (SSSR count). The molecule has 0 bridgehead atoms. The van der Waals surface area contributed by atoms with E-state index in [-0.39, 0.29) is 5.41 Å². The minimum atomic E-state index is 0.00231. The first-order chi connectivity index (χ1) is 8.46. The van der Waals surface area contributed by atoms with E-state index in [4.69, 9.17) is 9.47 Å². The first kappa shape index (κ1) is 14.8. The first-order valence-corrected chi connectivity index (χ1v) is 6.40. The van der Waals surface area contributed by atoms with Crippen molar-refractivity contribution in [1.29, 1.82) is 0 Å². The third-order valence-electron chi connectivity index (χ3n) is 3.26. The minimum absolute atomic E-state index is 0.00231. The molecular weight excluding hydrogens is 226 g/mol. The predicted octanol–water partition coefficient (Wildman–Crippen LogP) is 2.90. The first-order valence-electron chi connectivity index (χ1n) is 6.40. The molecule has 0 spiro atoms. The summed E-state index contributed by atoms with van der Waals surface area (Å²) in [5, 5.41) is 3.39. The molecule has 0 aliphatic heterocycles. The summed E-state index contributed by atoms with van der Waals surface area (Å²) in [6.07, 6.45) is 0. The molecule has 18 heavy (non-hydrogen) atoms. The maximum Gasteiger partial charge on any atom is 0.123 e. The highest BCUT2D eigenvalue weighted by Crippen LogP contribution is 2.36. The maximum absolute atomic E-state index is 5.51. The largest absolute Gasteiger partial charge is 0.496 e. The molecule has 0 saturated heterocycles. The van der Waals surface area contributed by atoms with Gasteiger partial charge in [0.05, 0.1) is 14.2 Å². The molecule has 102 valence electrons. The number of ether oxygens (including phenoxy) is 2. The second-order valence-electron chi connectivity index (χ2n) is 5.19. The van der Waals surface area contributed by atoms with E-state index >= 15 is 0 Å². The number of nitrogens with one attached hydrogen (secondary N) is 1. The van der Waals surface area contributed by atoms with Gasteiger partial charge in [0.15, 0.2) is 0 Å². The van der Waals surface area contributed by atoms with Gasteiger partial charge in [-0.2, -0.15) is 0 Å². The minimum Gasteiger partial charge on any atom is -0.496 e. The second kappa shape index (κ2) is 6.10. The van der Waals surface area contributed by atoms with Gasteiger partial charge in [0.25, 0.3) is 0 Å². The molecule has 0 aliphatic carbocycles. The van der Waals surface area contributed by atoms with Gasteiger partial charge in [-0.05, 0) is 31.2 Å². The van der Waals surface area contributed by atoms with Crippen molar-refractivity contribution in [2.24, 2.45) is 0 Å². The smallest absolute Gasteiger partial charge is 0.123 e. The van der Waals surface area contributed by atoms with Crippen molar-refractivity contribution < 1.29 is 9.47 Å². The number of methoxy groups -OCH3 is 2. The van der Waals surface area contributed by atoms with Gasteiger partial charge in [0, 0.05) is 17.5 Å². The summed E-state index contributed by atoms with van der Waals surface area (Å²) in [6, 6.07) is 4.13. The van der Waals surface area contributed by atoms with Gasteiger partial charge < -0.3 is 14.8 Å². The lowest BCUT2D eigenvalue weighted by Gasteiger charge is -2.28. The van der Waals surface area contributed by atoms with Gasteiger partial charge in [-0.15, -0.1) is 0 Å². The van der Waals surface area contributed by atoms with Gasteiger partial charge in [0.1, 0.15) is 11.5 Å². The van der Waals surface area contributed by atoms with Crippen LogP contribution in [0.4, 0.5) is 0 Å². The molecule has 1 aromatic carbocycles. The van der Waals surface area contributed by atoms with Crippen LogP contribution in [0.3, 0.4) is 0 Å². The van der Waals surface area contributed by atoms with Gasteiger partial charge in [-0.3, -0.25) is 0 Å². The van der Waals surface area contributed by atoms with Crippen LogP contribution in [0.15, 0.2) is 12.1 Å². The Balaban J connectivity index is 3.20. The standard InChI is InChI=1S/C15H25NO2/c1-7-16-10-15(3,4)12-9-13(17-5)11(2)8-14(12)18-6/h8-9,16H,7,10H2,1-6H3. The Hall–Kier alpha value is -1.22. The van der Waals surface area contributed by atoms with Crippen LogP contribution in [0, 0.1) is 6.92 Å². The Kier molecular flexibility index (Phi) is 5.03. The molecule has 1 aromatic rings. The van der Waals surface area contributed by atoms with Crippen molar-refractivity contribution in [2.75, 3.05) is 27.3 Å². The van der Waals surface area contributed by atoms with Gasteiger partial charge in [-0.25, -0.2) is 0 Å². The summed E-state index contributed by atoms with van der Waals surface area (Å²) in [5.74, 6) is 1.84. The van der Waals surface area contributed by atoms with Crippen LogP contribution in [-0.2, 0) is 5.41 Å². The zero-order valence-electron chi connectivity index (χ0n) is 12.4. The summed E-state index contributed by atoms with van der Waals surface area (Å²) in [4.78, 5) is 0. The lowest BCUT2D eigenvalue weighted by molar-refractivity contribution is 0.377. The van der Waals surface area contributed by atoms with Gasteiger partial charge >= 0.3 is 0 Å². The van der Waals surface area contributed by atoms with Crippen molar-refractivity contribution in [3.05, 3.63) is 23.3 Å². The summed E-state index contributed by atoms with van der Waals surface area (Å²) < 4.78 is 10.9. The zero-order chi connectivity index (χ0) is 13.8. The van der Waals surface area contributed by atoms with E-state index in [1.54, 1.807) is 14.2 Å². The van der Waals surface area contributed by atoms with E-state index in [2.05, 4.69) is 32.2 Å². The molecule has 0 aliphatic rings. The molecule has 0 atom stereocenters. The van der Waals surface area contributed by atoms with Gasteiger partial charge in [0.2, 0.25) is 0 Å². The Bertz CT molecular complexity index is 400. The SMILES string of the molecule is CCNCC(C)(C)c1cc(OC)c(C)cc1OC. The van der Waals surface area contributed by atoms with Crippen LogP contribution in [0.1, 0.15) is 31.9 Å².